The lowest BCUT2D eigenvalue weighted by molar-refractivity contribution is 0.957. The van der Waals surface area contributed by atoms with Crippen molar-refractivity contribution in [2.24, 2.45) is 10.7 Å². The first kappa shape index (κ1) is 10.1. The summed E-state index contributed by atoms with van der Waals surface area (Å²) in [4.78, 5) is 3.82. The van der Waals surface area contributed by atoms with Crippen molar-refractivity contribution < 1.29 is 0 Å². The predicted octanol–water partition coefficient (Wildman–Crippen LogP) is 0.463. The highest BCUT2D eigenvalue weighted by atomic mass is 15.1. The van der Waals surface area contributed by atoms with E-state index in [1.54, 1.807) is 12.1 Å². The third kappa shape index (κ3) is 3.59. The summed E-state index contributed by atoms with van der Waals surface area (Å²) >= 11 is 0. The molecular weight excluding hydrogens is 176 g/mol. The summed E-state index contributed by atoms with van der Waals surface area (Å²) < 4.78 is 0. The number of guanidine groups is 1. The Hall–Kier alpha value is -2.02. The maximum atomic E-state index is 8.29. The molecule has 0 unspecified atom stereocenters. The van der Waals surface area contributed by atoms with Gasteiger partial charge in [-0.1, -0.05) is 18.2 Å². The first-order valence-electron chi connectivity index (χ1n) is 4.32. The first-order chi connectivity index (χ1) is 6.83. The lowest BCUT2D eigenvalue weighted by Gasteiger charge is -1.85. The number of nitrogens with two attached hydrogens (primary N) is 1. The average Bonchev–Trinajstić information content (AvgIpc) is 2.71. The monoisotopic (exact) mass is 188 g/mol. The van der Waals surface area contributed by atoms with Crippen LogP contribution in [0.3, 0.4) is 0 Å². The Balaban J connectivity index is 0.000000146. The summed E-state index contributed by atoms with van der Waals surface area (Å²) in [6, 6.07) is 11.2. The third-order valence-corrected chi connectivity index (χ3v) is 1.60. The van der Waals surface area contributed by atoms with Gasteiger partial charge in [0, 0.05) is 6.54 Å². The zero-order valence-corrected chi connectivity index (χ0v) is 7.77. The van der Waals surface area contributed by atoms with Crippen LogP contribution in [0.5, 0.6) is 0 Å². The summed E-state index contributed by atoms with van der Waals surface area (Å²) in [7, 11) is 0. The van der Waals surface area contributed by atoms with E-state index in [0.717, 1.165) is 13.1 Å². The molecule has 0 atom stereocenters. The predicted molar refractivity (Wildman–Crippen MR) is 55.6 cm³/mol. The molecule has 0 radical (unpaired) electrons. The zero-order chi connectivity index (χ0) is 10.2. The highest BCUT2D eigenvalue weighted by Crippen LogP contribution is 1.93. The van der Waals surface area contributed by atoms with E-state index >= 15 is 0 Å². The fraction of sp³-hybridized carbons (Fsp3) is 0.200. The Morgan fingerprint density at radius 3 is 2.36 bits per heavy atom. The van der Waals surface area contributed by atoms with Crippen LogP contribution in [-0.2, 0) is 0 Å². The average molecular weight is 188 g/mol. The van der Waals surface area contributed by atoms with E-state index < -0.39 is 0 Å². The van der Waals surface area contributed by atoms with E-state index in [4.69, 9.17) is 11.0 Å². The van der Waals surface area contributed by atoms with E-state index in [1.165, 1.54) is 0 Å². The number of nitrogens with zero attached hydrogens (tertiary/aromatic N) is 2. The van der Waals surface area contributed by atoms with Crippen molar-refractivity contribution in [1.82, 2.24) is 5.32 Å². The second-order valence-electron chi connectivity index (χ2n) is 2.67. The second-order valence-corrected chi connectivity index (χ2v) is 2.67. The Labute approximate surface area is 83.1 Å². The number of nitrogens with one attached hydrogen (secondary N) is 1. The van der Waals surface area contributed by atoms with Crippen LogP contribution in [0.2, 0.25) is 0 Å². The van der Waals surface area contributed by atoms with Gasteiger partial charge in [0.15, 0.2) is 5.96 Å². The van der Waals surface area contributed by atoms with Gasteiger partial charge in [-0.2, -0.15) is 5.26 Å². The van der Waals surface area contributed by atoms with Crippen molar-refractivity contribution in [3.63, 3.8) is 0 Å². The highest BCUT2D eigenvalue weighted by Gasteiger charge is 1.94. The molecule has 0 fully saturated rings. The summed E-state index contributed by atoms with van der Waals surface area (Å²) in [5.41, 5.74) is 5.89. The van der Waals surface area contributed by atoms with Gasteiger partial charge in [0.1, 0.15) is 0 Å². The van der Waals surface area contributed by atoms with E-state index in [2.05, 4.69) is 10.3 Å². The fourth-order valence-electron chi connectivity index (χ4n) is 0.929. The lowest BCUT2D eigenvalue weighted by atomic mass is 10.2. The van der Waals surface area contributed by atoms with Gasteiger partial charge in [-0.25, -0.2) is 0 Å². The summed E-state index contributed by atoms with van der Waals surface area (Å²) in [6.07, 6.45) is 0. The van der Waals surface area contributed by atoms with Gasteiger partial charge >= 0.3 is 0 Å². The molecule has 1 aromatic carbocycles. The van der Waals surface area contributed by atoms with E-state index in [0.29, 0.717) is 11.5 Å². The molecule has 1 aliphatic heterocycles. The van der Waals surface area contributed by atoms with Crippen LogP contribution in [-0.4, -0.2) is 19.0 Å². The van der Waals surface area contributed by atoms with Crippen LogP contribution in [0.1, 0.15) is 5.56 Å². The number of hydrogen-bond acceptors (Lipinski definition) is 4. The van der Waals surface area contributed by atoms with Gasteiger partial charge in [0.2, 0.25) is 0 Å². The minimum absolute atomic E-state index is 0.579. The molecule has 14 heavy (non-hydrogen) atoms. The Morgan fingerprint density at radius 2 is 2.07 bits per heavy atom. The van der Waals surface area contributed by atoms with Crippen LogP contribution in [0.15, 0.2) is 35.3 Å². The zero-order valence-electron chi connectivity index (χ0n) is 7.77. The first-order valence-corrected chi connectivity index (χ1v) is 4.32. The fourth-order valence-corrected chi connectivity index (χ4v) is 0.929. The van der Waals surface area contributed by atoms with E-state index in [9.17, 15) is 0 Å². The number of benzene rings is 1. The second kappa shape index (κ2) is 5.60. The number of rotatable bonds is 0. The molecule has 2 rings (SSSR count). The maximum absolute atomic E-state index is 8.29. The maximum Gasteiger partial charge on any atom is 0.188 e. The summed E-state index contributed by atoms with van der Waals surface area (Å²) in [5.74, 6) is 0.579. The standard InChI is InChI=1S/C7H5N.C3H7N3/c8-6-7-4-2-1-3-5-7;4-3-5-1-2-6-3/h1-5H;1-2H2,(H3,4,5,6). The third-order valence-electron chi connectivity index (χ3n) is 1.60. The van der Waals surface area contributed by atoms with Crippen molar-refractivity contribution in [2.75, 3.05) is 13.1 Å². The molecule has 4 nitrogen and oxygen atoms in total. The topological polar surface area (TPSA) is 74.2 Å². The molecule has 0 saturated carbocycles. The minimum atomic E-state index is 0.579. The van der Waals surface area contributed by atoms with Crippen molar-refractivity contribution in [1.29, 1.82) is 5.26 Å². The van der Waals surface area contributed by atoms with Gasteiger partial charge in [0.05, 0.1) is 18.2 Å². The van der Waals surface area contributed by atoms with Crippen LogP contribution >= 0.6 is 0 Å². The largest absolute Gasteiger partial charge is 0.370 e. The molecule has 0 bridgehead atoms. The molecule has 0 saturated heterocycles. The highest BCUT2D eigenvalue weighted by molar-refractivity contribution is 5.79. The van der Waals surface area contributed by atoms with E-state index in [1.807, 2.05) is 24.3 Å². The van der Waals surface area contributed by atoms with Crippen LogP contribution in [0.4, 0.5) is 0 Å². The molecule has 72 valence electrons. The van der Waals surface area contributed by atoms with Crippen molar-refractivity contribution in [3.05, 3.63) is 35.9 Å². The van der Waals surface area contributed by atoms with Gasteiger partial charge in [-0.15, -0.1) is 0 Å². The quantitative estimate of drug-likeness (QED) is 0.621. The Kier molecular flexibility index (Phi) is 4.02. The molecule has 1 heterocycles. The van der Waals surface area contributed by atoms with Gasteiger partial charge in [-0.05, 0) is 12.1 Å². The van der Waals surface area contributed by atoms with Gasteiger partial charge < -0.3 is 11.1 Å². The molecular formula is C10H12N4. The van der Waals surface area contributed by atoms with Crippen LogP contribution in [0, 0.1) is 11.3 Å². The molecule has 1 aromatic rings. The molecule has 1 aliphatic rings. The van der Waals surface area contributed by atoms with Crippen molar-refractivity contribution >= 4 is 5.96 Å². The molecule has 0 aromatic heterocycles. The van der Waals surface area contributed by atoms with Crippen molar-refractivity contribution in [2.45, 2.75) is 0 Å². The van der Waals surface area contributed by atoms with Crippen LogP contribution in [0.25, 0.3) is 0 Å². The lowest BCUT2D eigenvalue weighted by Crippen LogP contribution is -2.26. The summed E-state index contributed by atoms with van der Waals surface area (Å²) in [6.45, 7) is 1.75. The Bertz CT molecular complexity index is 337. The normalized spacial score (nSPS) is 12.9. The number of hydrogen-bond donors (Lipinski definition) is 2. The van der Waals surface area contributed by atoms with Crippen LogP contribution < -0.4 is 11.1 Å². The molecule has 0 aliphatic carbocycles. The van der Waals surface area contributed by atoms with E-state index in [-0.39, 0.29) is 0 Å². The Morgan fingerprint density at radius 1 is 1.36 bits per heavy atom. The molecule has 3 N–H and O–H groups in total. The molecule has 0 amide bonds. The smallest absolute Gasteiger partial charge is 0.188 e. The number of aliphatic imine (C=N–C) groups is 1. The molecule has 0 spiro atoms. The summed E-state index contributed by atoms with van der Waals surface area (Å²) in [5, 5.41) is 11.1. The molecule has 4 heteroatoms. The minimum Gasteiger partial charge on any atom is -0.370 e. The van der Waals surface area contributed by atoms with Gasteiger partial charge in [-0.3, -0.25) is 4.99 Å². The number of nitriles is 1. The SMILES string of the molecule is N#Cc1ccccc1.NC1=NCCN1. The van der Waals surface area contributed by atoms with Crippen molar-refractivity contribution in [3.8, 4) is 6.07 Å². The van der Waals surface area contributed by atoms with Gasteiger partial charge in [0.25, 0.3) is 0 Å².